The minimum Gasteiger partial charge on any atom is -0.484 e. The highest BCUT2D eigenvalue weighted by Gasteiger charge is 2.27. The summed E-state index contributed by atoms with van der Waals surface area (Å²) in [6.45, 7) is 2.87. The van der Waals surface area contributed by atoms with Crippen molar-refractivity contribution in [2.24, 2.45) is 0 Å². The first-order valence-electron chi connectivity index (χ1n) is 10.8. The lowest BCUT2D eigenvalue weighted by molar-refractivity contribution is -0.142. The molecule has 1 fully saturated rings. The normalized spacial score (nSPS) is 15.4. The van der Waals surface area contributed by atoms with Crippen molar-refractivity contribution in [1.82, 2.24) is 14.5 Å². The summed E-state index contributed by atoms with van der Waals surface area (Å²) in [6, 6.07) is 12.2. The predicted molar refractivity (Wildman–Crippen MR) is 127 cm³/mol. The number of morpholine rings is 1. The number of rotatable bonds is 9. The Morgan fingerprint density at radius 3 is 2.32 bits per heavy atom. The molecule has 1 aliphatic heterocycles. The van der Waals surface area contributed by atoms with Crippen LogP contribution in [0.1, 0.15) is 12.5 Å². The first-order valence-corrected chi connectivity index (χ1v) is 12.6. The lowest BCUT2D eigenvalue weighted by Crippen LogP contribution is -2.48. The number of benzene rings is 2. The van der Waals surface area contributed by atoms with Crippen LogP contribution in [-0.4, -0.2) is 75.4 Å². The van der Waals surface area contributed by atoms with Crippen LogP contribution < -0.4 is 10.1 Å². The second-order valence-corrected chi connectivity index (χ2v) is 10.1. The zero-order valence-electron chi connectivity index (χ0n) is 19.1. The van der Waals surface area contributed by atoms with E-state index >= 15 is 0 Å². The molecule has 11 heteroatoms. The van der Waals surface area contributed by atoms with Gasteiger partial charge >= 0.3 is 0 Å². The molecule has 0 radical (unpaired) electrons. The number of nitrogens with zero attached hydrogens (tertiary/aromatic N) is 2. The van der Waals surface area contributed by atoms with E-state index < -0.39 is 22.0 Å². The molecular weight excluding hydrogens is 482 g/mol. The summed E-state index contributed by atoms with van der Waals surface area (Å²) in [5.41, 5.74) is 0.811. The molecule has 1 saturated heterocycles. The van der Waals surface area contributed by atoms with Gasteiger partial charge in [0, 0.05) is 31.7 Å². The fourth-order valence-electron chi connectivity index (χ4n) is 3.45. The van der Waals surface area contributed by atoms with Crippen molar-refractivity contribution in [3.8, 4) is 5.75 Å². The van der Waals surface area contributed by atoms with E-state index in [0.29, 0.717) is 37.1 Å². The van der Waals surface area contributed by atoms with E-state index in [1.807, 2.05) is 0 Å². The second kappa shape index (κ2) is 11.7. The van der Waals surface area contributed by atoms with Gasteiger partial charge in [0.05, 0.1) is 18.1 Å². The number of carbonyl (C=O) groups is 2. The van der Waals surface area contributed by atoms with Crippen molar-refractivity contribution >= 4 is 33.4 Å². The Hall–Kier alpha value is -2.66. The van der Waals surface area contributed by atoms with Gasteiger partial charge in [-0.3, -0.25) is 9.59 Å². The Kier molecular flexibility index (Phi) is 8.90. The zero-order chi connectivity index (χ0) is 24.7. The monoisotopic (exact) mass is 509 g/mol. The van der Waals surface area contributed by atoms with Crippen LogP contribution in [0.15, 0.2) is 53.4 Å². The van der Waals surface area contributed by atoms with Gasteiger partial charge in [-0.15, -0.1) is 0 Å². The number of halogens is 1. The average molecular weight is 510 g/mol. The largest absolute Gasteiger partial charge is 0.484 e. The number of nitrogens with one attached hydrogen (secondary N) is 1. The Morgan fingerprint density at radius 1 is 1.12 bits per heavy atom. The fraction of sp³-hybridized carbons (Fsp3) is 0.391. The molecule has 0 saturated carbocycles. The van der Waals surface area contributed by atoms with Crippen LogP contribution in [0.4, 0.5) is 0 Å². The molecule has 2 aromatic carbocycles. The molecule has 3 rings (SSSR count). The van der Waals surface area contributed by atoms with Gasteiger partial charge in [-0.2, -0.15) is 4.31 Å². The van der Waals surface area contributed by atoms with Gasteiger partial charge in [0.1, 0.15) is 11.8 Å². The summed E-state index contributed by atoms with van der Waals surface area (Å²) >= 11 is 5.94. The molecule has 1 aliphatic rings. The van der Waals surface area contributed by atoms with Crippen molar-refractivity contribution in [2.75, 3.05) is 40.0 Å². The first kappa shape index (κ1) is 26.0. The number of hydrogen-bond donors (Lipinski definition) is 1. The van der Waals surface area contributed by atoms with Crippen LogP contribution >= 0.6 is 11.6 Å². The van der Waals surface area contributed by atoms with Gasteiger partial charge < -0.3 is 19.7 Å². The summed E-state index contributed by atoms with van der Waals surface area (Å²) in [6.07, 6.45) is 0. The molecule has 9 nitrogen and oxygen atoms in total. The summed E-state index contributed by atoms with van der Waals surface area (Å²) in [5, 5.41) is 3.13. The molecule has 1 N–H and O–H groups in total. The molecule has 0 aromatic heterocycles. The smallest absolute Gasteiger partial charge is 0.261 e. The standard InChI is InChI=1S/C23H28ClN3O6S/c1-17(23(29)25-2)27(15-18-3-5-19(24)6-4-18)22(28)16-33-20-7-9-21(10-8-20)34(30,31)26-11-13-32-14-12-26/h3-10,17H,11-16H2,1-2H3,(H,25,29)/t17-/m0/s1. The van der Waals surface area contributed by atoms with Crippen LogP contribution in [0.2, 0.25) is 5.02 Å². The molecule has 1 atom stereocenters. The molecule has 1 heterocycles. The Labute approximate surface area is 204 Å². The van der Waals surface area contributed by atoms with Crippen LogP contribution in [0.25, 0.3) is 0 Å². The molecule has 0 aliphatic carbocycles. The van der Waals surface area contributed by atoms with Crippen molar-refractivity contribution < 1.29 is 27.5 Å². The summed E-state index contributed by atoms with van der Waals surface area (Å²) in [5.74, 6) is -0.357. The third-order valence-electron chi connectivity index (χ3n) is 5.47. The van der Waals surface area contributed by atoms with E-state index in [1.54, 1.807) is 31.2 Å². The van der Waals surface area contributed by atoms with E-state index in [9.17, 15) is 18.0 Å². The third kappa shape index (κ3) is 6.47. The van der Waals surface area contributed by atoms with Gasteiger partial charge in [-0.05, 0) is 48.9 Å². The quantitative estimate of drug-likeness (QED) is 0.553. The van der Waals surface area contributed by atoms with Crippen LogP contribution in [0.3, 0.4) is 0 Å². The van der Waals surface area contributed by atoms with E-state index in [2.05, 4.69) is 5.32 Å². The van der Waals surface area contributed by atoms with Gasteiger partial charge in [0.2, 0.25) is 15.9 Å². The van der Waals surface area contributed by atoms with Crippen molar-refractivity contribution in [2.45, 2.75) is 24.4 Å². The Morgan fingerprint density at radius 2 is 1.74 bits per heavy atom. The third-order valence-corrected chi connectivity index (χ3v) is 7.64. The molecule has 0 bridgehead atoms. The van der Waals surface area contributed by atoms with E-state index in [4.69, 9.17) is 21.1 Å². The number of amides is 2. The Balaban J connectivity index is 1.67. The summed E-state index contributed by atoms with van der Waals surface area (Å²) in [4.78, 5) is 26.7. The first-order chi connectivity index (χ1) is 16.2. The maximum atomic E-state index is 13.0. The molecule has 2 amide bonds. The highest BCUT2D eigenvalue weighted by molar-refractivity contribution is 7.89. The van der Waals surface area contributed by atoms with Crippen LogP contribution in [0, 0.1) is 0 Å². The topological polar surface area (TPSA) is 105 Å². The SMILES string of the molecule is CNC(=O)[C@H](C)N(Cc1ccc(Cl)cc1)C(=O)COc1ccc(S(=O)(=O)N2CCOCC2)cc1. The van der Waals surface area contributed by atoms with Crippen molar-refractivity contribution in [1.29, 1.82) is 0 Å². The molecule has 184 valence electrons. The van der Waals surface area contributed by atoms with Crippen molar-refractivity contribution in [3.63, 3.8) is 0 Å². The lowest BCUT2D eigenvalue weighted by Gasteiger charge is -2.28. The number of carbonyl (C=O) groups excluding carboxylic acids is 2. The van der Waals surface area contributed by atoms with Crippen molar-refractivity contribution in [3.05, 3.63) is 59.1 Å². The lowest BCUT2D eigenvalue weighted by atomic mass is 10.1. The molecule has 0 unspecified atom stereocenters. The van der Waals surface area contributed by atoms with Crippen LogP contribution in [0.5, 0.6) is 5.75 Å². The number of hydrogen-bond acceptors (Lipinski definition) is 6. The summed E-state index contributed by atoms with van der Waals surface area (Å²) < 4.78 is 37.7. The number of likely N-dealkylation sites (N-methyl/N-ethyl adjacent to an activating group) is 1. The molecular formula is C23H28ClN3O6S. The highest BCUT2D eigenvalue weighted by atomic mass is 35.5. The maximum Gasteiger partial charge on any atom is 0.261 e. The van der Waals surface area contributed by atoms with E-state index in [0.717, 1.165) is 5.56 Å². The minimum absolute atomic E-state index is 0.144. The van der Waals surface area contributed by atoms with Gasteiger partial charge in [-0.1, -0.05) is 23.7 Å². The highest BCUT2D eigenvalue weighted by Crippen LogP contribution is 2.21. The van der Waals surface area contributed by atoms with Gasteiger partial charge in [0.25, 0.3) is 5.91 Å². The van der Waals surface area contributed by atoms with E-state index in [1.165, 1.54) is 40.5 Å². The summed E-state index contributed by atoms with van der Waals surface area (Å²) in [7, 11) is -2.11. The van der Waals surface area contributed by atoms with Gasteiger partial charge in [-0.25, -0.2) is 8.42 Å². The Bertz CT molecular complexity index is 1090. The number of sulfonamides is 1. The molecule has 2 aromatic rings. The van der Waals surface area contributed by atoms with E-state index in [-0.39, 0.29) is 24.0 Å². The number of ether oxygens (including phenoxy) is 2. The predicted octanol–water partition coefficient (Wildman–Crippen LogP) is 1.90. The second-order valence-electron chi connectivity index (χ2n) is 7.71. The van der Waals surface area contributed by atoms with Gasteiger partial charge in [0.15, 0.2) is 6.61 Å². The van der Waals surface area contributed by atoms with Crippen LogP contribution in [-0.2, 0) is 30.9 Å². The zero-order valence-corrected chi connectivity index (χ0v) is 20.6. The molecule has 34 heavy (non-hydrogen) atoms. The fourth-order valence-corrected chi connectivity index (χ4v) is 4.98. The minimum atomic E-state index is -3.62. The average Bonchev–Trinajstić information content (AvgIpc) is 2.86. The maximum absolute atomic E-state index is 13.0. The molecule has 0 spiro atoms.